The Bertz CT molecular complexity index is 284. The molecule has 0 spiro atoms. The molecule has 0 saturated heterocycles. The van der Waals surface area contributed by atoms with Gasteiger partial charge in [0.15, 0.2) is 0 Å². The molecule has 4 heteroatoms. The van der Waals surface area contributed by atoms with Gasteiger partial charge in [0.2, 0.25) is 0 Å². The second-order valence-electron chi connectivity index (χ2n) is 4.31. The minimum absolute atomic E-state index is 0.707. The summed E-state index contributed by atoms with van der Waals surface area (Å²) < 4.78 is 0. The Morgan fingerprint density at radius 3 is 3.00 bits per heavy atom. The second kappa shape index (κ2) is 8.09. The lowest BCUT2D eigenvalue weighted by Crippen LogP contribution is -2.19. The molecule has 1 rings (SSSR count). The van der Waals surface area contributed by atoms with Crippen LogP contribution in [0.1, 0.15) is 37.9 Å². The Balaban J connectivity index is 2.22. The molecular weight excluding hydrogens is 236 g/mol. The van der Waals surface area contributed by atoms with E-state index >= 15 is 0 Å². The van der Waals surface area contributed by atoms with Crippen molar-refractivity contribution in [3.63, 3.8) is 0 Å². The summed E-state index contributed by atoms with van der Waals surface area (Å²) in [6, 6.07) is 0. The van der Waals surface area contributed by atoms with Crippen molar-refractivity contribution in [2.24, 2.45) is 5.92 Å². The summed E-state index contributed by atoms with van der Waals surface area (Å²) >= 11 is 3.76. The molecule has 1 N–H and O–H groups in total. The first-order valence-corrected chi connectivity index (χ1v) is 7.97. The summed E-state index contributed by atoms with van der Waals surface area (Å²) in [7, 11) is 0. The topological polar surface area (TPSA) is 24.9 Å². The number of rotatable bonds is 8. The fraction of sp³-hybridized carbons (Fsp3) is 0.750. The van der Waals surface area contributed by atoms with E-state index in [4.69, 9.17) is 0 Å². The first kappa shape index (κ1) is 14.0. The van der Waals surface area contributed by atoms with Gasteiger partial charge in [-0.05, 0) is 24.6 Å². The van der Waals surface area contributed by atoms with Crippen LogP contribution >= 0.6 is 23.1 Å². The lowest BCUT2D eigenvalue weighted by atomic mass is 10.2. The fourth-order valence-electron chi connectivity index (χ4n) is 1.29. The van der Waals surface area contributed by atoms with Crippen LogP contribution in [-0.2, 0) is 12.3 Å². The third kappa shape index (κ3) is 5.87. The van der Waals surface area contributed by atoms with Crippen molar-refractivity contribution in [3.8, 4) is 0 Å². The predicted molar refractivity (Wildman–Crippen MR) is 75.1 cm³/mol. The van der Waals surface area contributed by atoms with Crippen LogP contribution in [0.2, 0.25) is 0 Å². The minimum atomic E-state index is 0.707. The largest absolute Gasteiger partial charge is 0.311 e. The first-order chi connectivity index (χ1) is 7.72. The third-order valence-corrected chi connectivity index (χ3v) is 4.29. The zero-order chi connectivity index (χ0) is 11.8. The Morgan fingerprint density at radius 2 is 2.31 bits per heavy atom. The average molecular weight is 258 g/mol. The van der Waals surface area contributed by atoms with Gasteiger partial charge in [0.1, 0.15) is 5.01 Å². The number of hydrogen-bond acceptors (Lipinski definition) is 4. The Morgan fingerprint density at radius 1 is 1.50 bits per heavy atom. The van der Waals surface area contributed by atoms with Gasteiger partial charge in [-0.2, -0.15) is 11.8 Å². The lowest BCUT2D eigenvalue weighted by molar-refractivity contribution is 0.549. The molecule has 0 saturated carbocycles. The molecule has 1 aromatic heterocycles. The van der Waals surface area contributed by atoms with Gasteiger partial charge in [0.05, 0.1) is 5.69 Å². The zero-order valence-corrected chi connectivity index (χ0v) is 12.1. The molecule has 0 fully saturated rings. The Hall–Kier alpha value is -0.0600. The fourth-order valence-corrected chi connectivity index (χ4v) is 3.06. The summed E-state index contributed by atoms with van der Waals surface area (Å²) in [5.74, 6) is 3.02. The van der Waals surface area contributed by atoms with Crippen LogP contribution in [0.25, 0.3) is 0 Å². The molecule has 0 aliphatic carbocycles. The quantitative estimate of drug-likeness (QED) is 0.722. The van der Waals surface area contributed by atoms with Crippen molar-refractivity contribution < 1.29 is 0 Å². The average Bonchev–Trinajstić information content (AvgIpc) is 2.66. The maximum atomic E-state index is 4.61. The maximum Gasteiger partial charge on any atom is 0.103 e. The highest BCUT2D eigenvalue weighted by Crippen LogP contribution is 2.17. The van der Waals surface area contributed by atoms with Gasteiger partial charge >= 0.3 is 0 Å². The van der Waals surface area contributed by atoms with Crippen molar-refractivity contribution in [1.82, 2.24) is 10.3 Å². The molecule has 1 heterocycles. The Labute approximate surface area is 107 Å². The number of thioether (sulfide) groups is 1. The Kier molecular flexibility index (Phi) is 7.08. The SMILES string of the molecule is CCCSCc1nc(CNCC(C)C)cs1. The van der Waals surface area contributed by atoms with Gasteiger partial charge in [-0.1, -0.05) is 20.8 Å². The zero-order valence-electron chi connectivity index (χ0n) is 10.5. The number of aromatic nitrogens is 1. The van der Waals surface area contributed by atoms with Gasteiger partial charge in [0.25, 0.3) is 0 Å². The molecular formula is C12H22N2S2. The molecule has 0 amide bonds. The predicted octanol–water partition coefficient (Wildman–Crippen LogP) is 3.53. The number of nitrogens with zero attached hydrogens (tertiary/aromatic N) is 1. The van der Waals surface area contributed by atoms with Crippen molar-refractivity contribution in [1.29, 1.82) is 0 Å². The molecule has 0 aliphatic rings. The number of hydrogen-bond donors (Lipinski definition) is 1. The summed E-state index contributed by atoms with van der Waals surface area (Å²) in [5, 5.41) is 6.86. The van der Waals surface area contributed by atoms with Gasteiger partial charge in [-0.15, -0.1) is 11.3 Å². The van der Waals surface area contributed by atoms with E-state index in [1.54, 1.807) is 11.3 Å². The summed E-state index contributed by atoms with van der Waals surface area (Å²) in [5.41, 5.74) is 1.19. The molecule has 0 aromatic carbocycles. The van der Waals surface area contributed by atoms with Gasteiger partial charge in [-0.3, -0.25) is 0 Å². The molecule has 0 unspecified atom stereocenters. The van der Waals surface area contributed by atoms with Crippen molar-refractivity contribution >= 4 is 23.1 Å². The van der Waals surface area contributed by atoms with E-state index in [2.05, 4.69) is 36.5 Å². The third-order valence-electron chi connectivity index (χ3n) is 2.03. The van der Waals surface area contributed by atoms with Crippen LogP contribution in [0.4, 0.5) is 0 Å². The van der Waals surface area contributed by atoms with E-state index in [1.165, 1.54) is 22.9 Å². The molecule has 0 aliphatic heterocycles. The van der Waals surface area contributed by atoms with Crippen molar-refractivity contribution in [2.75, 3.05) is 12.3 Å². The highest BCUT2D eigenvalue weighted by molar-refractivity contribution is 7.98. The van der Waals surface area contributed by atoms with E-state index in [-0.39, 0.29) is 0 Å². The number of thiazole rings is 1. The van der Waals surface area contributed by atoms with Gasteiger partial charge < -0.3 is 5.32 Å². The normalized spacial score (nSPS) is 11.2. The number of nitrogens with one attached hydrogen (secondary N) is 1. The molecule has 92 valence electrons. The first-order valence-electron chi connectivity index (χ1n) is 5.94. The summed E-state index contributed by atoms with van der Waals surface area (Å²) in [4.78, 5) is 4.61. The van der Waals surface area contributed by atoms with E-state index in [1.807, 2.05) is 11.8 Å². The maximum absolute atomic E-state index is 4.61. The molecule has 16 heavy (non-hydrogen) atoms. The second-order valence-corrected chi connectivity index (χ2v) is 6.36. The molecule has 0 bridgehead atoms. The molecule has 1 aromatic rings. The molecule has 0 atom stereocenters. The van der Waals surface area contributed by atoms with E-state index < -0.39 is 0 Å². The minimum Gasteiger partial charge on any atom is -0.311 e. The van der Waals surface area contributed by atoms with E-state index in [9.17, 15) is 0 Å². The van der Waals surface area contributed by atoms with Crippen LogP contribution in [0, 0.1) is 5.92 Å². The van der Waals surface area contributed by atoms with Gasteiger partial charge in [0, 0.05) is 17.7 Å². The summed E-state index contributed by atoms with van der Waals surface area (Å²) in [6.07, 6.45) is 1.25. The highest BCUT2D eigenvalue weighted by atomic mass is 32.2. The van der Waals surface area contributed by atoms with Crippen LogP contribution < -0.4 is 5.32 Å². The van der Waals surface area contributed by atoms with Crippen molar-refractivity contribution in [3.05, 3.63) is 16.1 Å². The van der Waals surface area contributed by atoms with Crippen LogP contribution in [0.3, 0.4) is 0 Å². The van der Waals surface area contributed by atoms with Gasteiger partial charge in [-0.25, -0.2) is 4.98 Å². The molecule has 0 radical (unpaired) electrons. The van der Waals surface area contributed by atoms with Crippen LogP contribution in [0.15, 0.2) is 5.38 Å². The highest BCUT2D eigenvalue weighted by Gasteiger charge is 2.02. The lowest BCUT2D eigenvalue weighted by Gasteiger charge is -2.04. The van der Waals surface area contributed by atoms with Crippen LogP contribution in [0.5, 0.6) is 0 Å². The summed E-state index contributed by atoms with van der Waals surface area (Å²) in [6.45, 7) is 8.64. The molecule has 2 nitrogen and oxygen atoms in total. The van der Waals surface area contributed by atoms with E-state index in [0.29, 0.717) is 5.92 Å². The standard InChI is InChI=1S/C12H22N2S2/c1-4-5-15-9-12-14-11(8-16-12)7-13-6-10(2)3/h8,10,13H,4-7,9H2,1-3H3. The smallest absolute Gasteiger partial charge is 0.103 e. The van der Waals surface area contributed by atoms with E-state index in [0.717, 1.165) is 18.8 Å². The van der Waals surface area contributed by atoms with Crippen molar-refractivity contribution in [2.45, 2.75) is 39.5 Å². The van der Waals surface area contributed by atoms with Crippen LogP contribution in [-0.4, -0.2) is 17.3 Å². The monoisotopic (exact) mass is 258 g/mol.